The summed E-state index contributed by atoms with van der Waals surface area (Å²) in [5.41, 5.74) is 0. The molecule has 1 amide bonds. The summed E-state index contributed by atoms with van der Waals surface area (Å²) in [7, 11) is 3.40. The van der Waals surface area contributed by atoms with Gasteiger partial charge in [-0.2, -0.15) is 0 Å². The third-order valence-electron chi connectivity index (χ3n) is 2.11. The average Bonchev–Trinajstić information content (AvgIpc) is 2.72. The van der Waals surface area contributed by atoms with E-state index in [1.54, 1.807) is 25.5 Å². The highest BCUT2D eigenvalue weighted by atomic mass is 32.1. The molecule has 1 heterocycles. The van der Waals surface area contributed by atoms with Crippen LogP contribution >= 0.6 is 11.3 Å². The minimum Gasteiger partial charge on any atom is -0.492 e. The van der Waals surface area contributed by atoms with Crippen LogP contribution in [-0.2, 0) is 4.79 Å². The van der Waals surface area contributed by atoms with Crippen LogP contribution in [0.5, 0.6) is 5.75 Å². The zero-order valence-corrected chi connectivity index (χ0v) is 10.6. The van der Waals surface area contributed by atoms with Crippen LogP contribution in [0.3, 0.4) is 0 Å². The van der Waals surface area contributed by atoms with E-state index in [9.17, 15) is 9.59 Å². The molecule has 6 heteroatoms. The molecule has 0 aliphatic rings. The fourth-order valence-electron chi connectivity index (χ4n) is 1.20. The quantitative estimate of drug-likeness (QED) is 0.788. The highest BCUT2D eigenvalue weighted by molar-refractivity contribution is 7.12. The van der Waals surface area contributed by atoms with Gasteiger partial charge >= 0.3 is 5.97 Å². The molecule has 0 aromatic carbocycles. The molecule has 5 nitrogen and oxygen atoms in total. The zero-order chi connectivity index (χ0) is 12.8. The summed E-state index contributed by atoms with van der Waals surface area (Å²) < 4.78 is 5.33. The van der Waals surface area contributed by atoms with Gasteiger partial charge < -0.3 is 14.7 Å². The van der Waals surface area contributed by atoms with E-state index in [0.29, 0.717) is 25.2 Å². The molecule has 0 fully saturated rings. The van der Waals surface area contributed by atoms with Gasteiger partial charge in [-0.1, -0.05) is 0 Å². The van der Waals surface area contributed by atoms with Gasteiger partial charge in [0.05, 0.1) is 6.61 Å². The standard InChI is InChI=1S/C11H15NO4S/c1-12(2)9(13)4-3-6-16-8-5-7-17-10(8)11(14)15/h5,7H,3-4,6H2,1-2H3,(H,14,15). The summed E-state index contributed by atoms with van der Waals surface area (Å²) in [6.07, 6.45) is 0.978. The van der Waals surface area contributed by atoms with Crippen molar-refractivity contribution in [2.24, 2.45) is 0 Å². The number of aromatic carboxylic acids is 1. The van der Waals surface area contributed by atoms with E-state index in [-0.39, 0.29) is 10.8 Å². The number of carbonyl (C=O) groups is 2. The first-order valence-corrected chi connectivity index (χ1v) is 6.04. The highest BCUT2D eigenvalue weighted by Gasteiger charge is 2.12. The molecule has 0 unspecified atom stereocenters. The van der Waals surface area contributed by atoms with Crippen molar-refractivity contribution in [3.8, 4) is 5.75 Å². The van der Waals surface area contributed by atoms with Gasteiger partial charge in [0.1, 0.15) is 5.75 Å². The zero-order valence-electron chi connectivity index (χ0n) is 9.80. The fourth-order valence-corrected chi connectivity index (χ4v) is 1.87. The predicted molar refractivity (Wildman–Crippen MR) is 64.7 cm³/mol. The van der Waals surface area contributed by atoms with Gasteiger partial charge in [0.2, 0.25) is 5.91 Å². The van der Waals surface area contributed by atoms with E-state index in [0.717, 1.165) is 11.3 Å². The lowest BCUT2D eigenvalue weighted by Gasteiger charge is -2.10. The molecule has 1 rings (SSSR count). The first-order chi connectivity index (χ1) is 8.02. The summed E-state index contributed by atoms with van der Waals surface area (Å²) in [5, 5.41) is 10.5. The van der Waals surface area contributed by atoms with E-state index >= 15 is 0 Å². The number of nitrogens with zero attached hydrogens (tertiary/aromatic N) is 1. The molecule has 94 valence electrons. The van der Waals surface area contributed by atoms with Crippen LogP contribution in [0.1, 0.15) is 22.5 Å². The highest BCUT2D eigenvalue weighted by Crippen LogP contribution is 2.24. The van der Waals surface area contributed by atoms with Gasteiger partial charge in [-0.15, -0.1) is 11.3 Å². The SMILES string of the molecule is CN(C)C(=O)CCCOc1ccsc1C(=O)O. The van der Waals surface area contributed by atoms with Gasteiger partial charge in [0, 0.05) is 20.5 Å². The smallest absolute Gasteiger partial charge is 0.349 e. The Balaban J connectivity index is 2.34. The van der Waals surface area contributed by atoms with E-state index in [1.165, 1.54) is 4.90 Å². The number of thiophene rings is 1. The predicted octanol–water partition coefficient (Wildman–Crippen LogP) is 1.69. The number of hydrogen-bond donors (Lipinski definition) is 1. The third-order valence-corrected chi connectivity index (χ3v) is 3.00. The number of carboxylic acids is 1. The molecule has 0 bridgehead atoms. The Morgan fingerprint density at radius 2 is 2.18 bits per heavy atom. The number of carboxylic acid groups (broad SMARTS) is 1. The molecule has 1 N–H and O–H groups in total. The number of hydrogen-bond acceptors (Lipinski definition) is 4. The van der Waals surface area contributed by atoms with E-state index in [1.807, 2.05) is 0 Å². The number of rotatable bonds is 6. The average molecular weight is 257 g/mol. The van der Waals surface area contributed by atoms with Crippen molar-refractivity contribution in [3.05, 3.63) is 16.3 Å². The van der Waals surface area contributed by atoms with Crippen molar-refractivity contribution in [1.82, 2.24) is 4.90 Å². The largest absolute Gasteiger partial charge is 0.492 e. The molecular weight excluding hydrogens is 242 g/mol. The summed E-state index contributed by atoms with van der Waals surface area (Å²) in [4.78, 5) is 23.8. The Morgan fingerprint density at radius 3 is 2.76 bits per heavy atom. The van der Waals surface area contributed by atoms with Gasteiger partial charge in [0.15, 0.2) is 4.88 Å². The number of ether oxygens (including phenoxy) is 1. The van der Waals surface area contributed by atoms with Crippen LogP contribution in [0.2, 0.25) is 0 Å². The summed E-state index contributed by atoms with van der Waals surface area (Å²) in [5.74, 6) is -0.573. The van der Waals surface area contributed by atoms with Crippen LogP contribution < -0.4 is 4.74 Å². The molecule has 0 atom stereocenters. The molecule has 0 aliphatic heterocycles. The van der Waals surface area contributed by atoms with Crippen molar-refractivity contribution in [2.75, 3.05) is 20.7 Å². The molecule has 1 aromatic rings. The molecular formula is C11H15NO4S. The van der Waals surface area contributed by atoms with Crippen molar-refractivity contribution < 1.29 is 19.4 Å². The molecule has 1 aromatic heterocycles. The van der Waals surface area contributed by atoms with Crippen LogP contribution in [0, 0.1) is 0 Å². The summed E-state index contributed by atoms with van der Waals surface area (Å²) in [6.45, 7) is 0.344. The lowest BCUT2D eigenvalue weighted by Crippen LogP contribution is -2.21. The Labute approximate surface area is 104 Å². The van der Waals surface area contributed by atoms with Gasteiger partial charge in [-0.3, -0.25) is 4.79 Å². The minimum atomic E-state index is -0.987. The lowest BCUT2D eigenvalue weighted by atomic mass is 10.3. The molecule has 0 aliphatic carbocycles. The summed E-state index contributed by atoms with van der Waals surface area (Å²) in [6, 6.07) is 1.63. The van der Waals surface area contributed by atoms with Crippen molar-refractivity contribution in [1.29, 1.82) is 0 Å². The maximum absolute atomic E-state index is 11.3. The van der Waals surface area contributed by atoms with E-state index in [2.05, 4.69) is 0 Å². The Morgan fingerprint density at radius 1 is 1.47 bits per heavy atom. The lowest BCUT2D eigenvalue weighted by molar-refractivity contribution is -0.128. The Bertz CT molecular complexity index is 400. The fraction of sp³-hybridized carbons (Fsp3) is 0.455. The first-order valence-electron chi connectivity index (χ1n) is 5.16. The topological polar surface area (TPSA) is 66.8 Å². The second-order valence-electron chi connectivity index (χ2n) is 3.66. The van der Waals surface area contributed by atoms with Crippen molar-refractivity contribution in [2.45, 2.75) is 12.8 Å². The van der Waals surface area contributed by atoms with Gasteiger partial charge in [-0.05, 0) is 17.9 Å². The Hall–Kier alpha value is -1.56. The summed E-state index contributed by atoms with van der Waals surface area (Å²) >= 11 is 1.13. The van der Waals surface area contributed by atoms with Crippen LogP contribution in [0.25, 0.3) is 0 Å². The van der Waals surface area contributed by atoms with Crippen molar-refractivity contribution >= 4 is 23.2 Å². The maximum Gasteiger partial charge on any atom is 0.349 e. The second-order valence-corrected chi connectivity index (χ2v) is 4.58. The Kier molecular flexibility index (Phi) is 4.96. The van der Waals surface area contributed by atoms with Crippen LogP contribution in [-0.4, -0.2) is 42.6 Å². The molecule has 0 saturated carbocycles. The number of amides is 1. The van der Waals surface area contributed by atoms with E-state index in [4.69, 9.17) is 9.84 Å². The van der Waals surface area contributed by atoms with Gasteiger partial charge in [-0.25, -0.2) is 4.79 Å². The minimum absolute atomic E-state index is 0.0392. The van der Waals surface area contributed by atoms with Gasteiger partial charge in [0.25, 0.3) is 0 Å². The molecule has 0 radical (unpaired) electrons. The molecule has 17 heavy (non-hydrogen) atoms. The normalized spacial score (nSPS) is 10.0. The van der Waals surface area contributed by atoms with Crippen LogP contribution in [0.15, 0.2) is 11.4 Å². The van der Waals surface area contributed by atoms with E-state index < -0.39 is 5.97 Å². The monoisotopic (exact) mass is 257 g/mol. The first kappa shape index (κ1) is 13.5. The van der Waals surface area contributed by atoms with Crippen LogP contribution in [0.4, 0.5) is 0 Å². The third kappa shape index (κ3) is 4.07. The number of carbonyl (C=O) groups excluding carboxylic acids is 1. The molecule has 0 saturated heterocycles. The second kappa shape index (κ2) is 6.24. The maximum atomic E-state index is 11.3. The van der Waals surface area contributed by atoms with Crippen molar-refractivity contribution in [3.63, 3.8) is 0 Å². The molecule has 0 spiro atoms.